The topological polar surface area (TPSA) is 94.6 Å². The number of amides is 1. The molecule has 1 fully saturated rings. The standard InChI is InChI=1S/C13H15F3N2O5/c14-13(15,16)7-22-9-3-1-2-8(6-9)17-12(19)10-4-5-11(23-10)18(20)21/h4-5,8-9H,1-3,6-7H2,(H,17,19)/t8-,9+/m0/s1. The van der Waals surface area contributed by atoms with Crippen molar-refractivity contribution < 1.29 is 32.0 Å². The van der Waals surface area contributed by atoms with Crippen molar-refractivity contribution in [1.82, 2.24) is 5.32 Å². The van der Waals surface area contributed by atoms with Crippen LogP contribution in [0.4, 0.5) is 19.1 Å². The Morgan fingerprint density at radius 2 is 2.17 bits per heavy atom. The van der Waals surface area contributed by atoms with E-state index in [4.69, 9.17) is 9.15 Å². The molecule has 2 atom stereocenters. The first-order valence-electron chi connectivity index (χ1n) is 6.98. The van der Waals surface area contributed by atoms with Gasteiger partial charge in [-0.3, -0.25) is 14.9 Å². The molecule has 0 saturated heterocycles. The molecule has 1 aliphatic rings. The Morgan fingerprint density at radius 1 is 1.43 bits per heavy atom. The second-order valence-electron chi connectivity index (χ2n) is 5.28. The molecule has 0 radical (unpaired) electrons. The molecule has 0 spiro atoms. The van der Waals surface area contributed by atoms with Crippen LogP contribution < -0.4 is 5.32 Å². The zero-order valence-electron chi connectivity index (χ0n) is 12.0. The zero-order chi connectivity index (χ0) is 17.0. The molecular formula is C13H15F3N2O5. The second kappa shape index (κ2) is 6.99. The maximum atomic E-state index is 12.1. The molecule has 1 saturated carbocycles. The smallest absolute Gasteiger partial charge is 0.395 e. The number of ether oxygens (including phenoxy) is 1. The molecule has 0 unspecified atom stereocenters. The van der Waals surface area contributed by atoms with E-state index in [2.05, 4.69) is 5.32 Å². The minimum Gasteiger partial charge on any atom is -0.395 e. The SMILES string of the molecule is O=C(N[C@H]1CCC[C@@H](OCC(F)(F)F)C1)c1ccc([N+](=O)[O-])o1. The quantitative estimate of drug-likeness (QED) is 0.659. The molecular weight excluding hydrogens is 321 g/mol. The Balaban J connectivity index is 1.86. The van der Waals surface area contributed by atoms with Crippen LogP contribution in [0.25, 0.3) is 0 Å². The average molecular weight is 336 g/mol. The van der Waals surface area contributed by atoms with Gasteiger partial charge in [0.25, 0.3) is 5.91 Å². The summed E-state index contributed by atoms with van der Waals surface area (Å²) in [5, 5.41) is 13.1. The second-order valence-corrected chi connectivity index (χ2v) is 5.28. The van der Waals surface area contributed by atoms with E-state index >= 15 is 0 Å². The molecule has 23 heavy (non-hydrogen) atoms. The molecule has 1 amide bonds. The van der Waals surface area contributed by atoms with Gasteiger partial charge in [-0.2, -0.15) is 13.2 Å². The molecule has 0 bridgehead atoms. The first-order valence-corrected chi connectivity index (χ1v) is 6.98. The molecule has 10 heteroatoms. The summed E-state index contributed by atoms with van der Waals surface area (Å²) in [6.07, 6.45) is -3.00. The minimum absolute atomic E-state index is 0.213. The van der Waals surface area contributed by atoms with Gasteiger partial charge in [-0.1, -0.05) is 0 Å². The van der Waals surface area contributed by atoms with E-state index in [1.54, 1.807) is 0 Å². The van der Waals surface area contributed by atoms with Crippen LogP contribution in [0.5, 0.6) is 0 Å². The summed E-state index contributed by atoms with van der Waals surface area (Å²) in [6, 6.07) is 1.87. The third-order valence-electron chi connectivity index (χ3n) is 3.44. The number of alkyl halides is 3. The van der Waals surface area contributed by atoms with Gasteiger partial charge in [0.1, 0.15) is 11.5 Å². The normalized spacial score (nSPS) is 21.9. The summed E-state index contributed by atoms with van der Waals surface area (Å²) in [6.45, 7) is -1.32. The highest BCUT2D eigenvalue weighted by molar-refractivity contribution is 5.91. The molecule has 1 N–H and O–H groups in total. The molecule has 0 aliphatic heterocycles. The van der Waals surface area contributed by atoms with Crippen LogP contribution in [0.15, 0.2) is 16.5 Å². The van der Waals surface area contributed by atoms with Gasteiger partial charge in [0.15, 0.2) is 5.76 Å². The Hall–Kier alpha value is -2.10. The fraction of sp³-hybridized carbons (Fsp3) is 0.615. The van der Waals surface area contributed by atoms with Crippen LogP contribution in [0.2, 0.25) is 0 Å². The van der Waals surface area contributed by atoms with E-state index in [1.807, 2.05) is 0 Å². The van der Waals surface area contributed by atoms with Crippen molar-refractivity contribution in [2.24, 2.45) is 0 Å². The summed E-state index contributed by atoms with van der Waals surface area (Å²) >= 11 is 0. The highest BCUT2D eigenvalue weighted by Crippen LogP contribution is 2.25. The Kier molecular flexibility index (Phi) is 5.24. The van der Waals surface area contributed by atoms with Crippen LogP contribution in [-0.4, -0.2) is 35.8 Å². The highest BCUT2D eigenvalue weighted by atomic mass is 19.4. The number of halogens is 3. The lowest BCUT2D eigenvalue weighted by molar-refractivity contribution is -0.402. The van der Waals surface area contributed by atoms with Crippen LogP contribution in [-0.2, 0) is 4.74 Å². The molecule has 1 heterocycles. The van der Waals surface area contributed by atoms with Gasteiger partial charge in [0, 0.05) is 6.04 Å². The van der Waals surface area contributed by atoms with E-state index in [0.29, 0.717) is 19.3 Å². The first kappa shape index (κ1) is 17.3. The molecule has 7 nitrogen and oxygen atoms in total. The predicted octanol–water partition coefficient (Wildman–Crippen LogP) is 2.81. The predicted molar refractivity (Wildman–Crippen MR) is 70.9 cm³/mol. The van der Waals surface area contributed by atoms with E-state index in [9.17, 15) is 28.1 Å². The average Bonchev–Trinajstić information content (AvgIpc) is 2.95. The van der Waals surface area contributed by atoms with E-state index in [1.165, 1.54) is 6.07 Å². The zero-order valence-corrected chi connectivity index (χ0v) is 12.0. The number of carbonyl (C=O) groups excluding carboxylic acids is 1. The van der Waals surface area contributed by atoms with Gasteiger partial charge >= 0.3 is 12.1 Å². The lowest BCUT2D eigenvalue weighted by Gasteiger charge is -2.29. The highest BCUT2D eigenvalue weighted by Gasteiger charge is 2.32. The van der Waals surface area contributed by atoms with Crippen molar-refractivity contribution in [3.05, 3.63) is 28.0 Å². The van der Waals surface area contributed by atoms with Gasteiger partial charge in [-0.05, 0) is 31.7 Å². The van der Waals surface area contributed by atoms with Crippen molar-refractivity contribution in [2.75, 3.05) is 6.61 Å². The van der Waals surface area contributed by atoms with Crippen LogP contribution in [0, 0.1) is 10.1 Å². The monoisotopic (exact) mass is 336 g/mol. The summed E-state index contributed by atoms with van der Waals surface area (Å²) in [7, 11) is 0. The number of hydrogen-bond acceptors (Lipinski definition) is 5. The van der Waals surface area contributed by atoms with E-state index in [0.717, 1.165) is 6.07 Å². The van der Waals surface area contributed by atoms with E-state index in [-0.39, 0.29) is 18.2 Å². The number of hydrogen-bond donors (Lipinski definition) is 1. The fourth-order valence-corrected chi connectivity index (χ4v) is 2.44. The molecule has 1 aromatic rings. The fourth-order valence-electron chi connectivity index (χ4n) is 2.44. The minimum atomic E-state index is -4.39. The number of nitrogens with one attached hydrogen (secondary N) is 1. The van der Waals surface area contributed by atoms with Crippen molar-refractivity contribution in [1.29, 1.82) is 0 Å². The van der Waals surface area contributed by atoms with Gasteiger partial charge in [-0.15, -0.1) is 0 Å². The Morgan fingerprint density at radius 3 is 2.78 bits per heavy atom. The van der Waals surface area contributed by atoms with E-state index < -0.39 is 35.6 Å². The number of nitro groups is 1. The summed E-state index contributed by atoms with van der Waals surface area (Å²) in [5.41, 5.74) is 0. The summed E-state index contributed by atoms with van der Waals surface area (Å²) in [5.74, 6) is -1.40. The third-order valence-corrected chi connectivity index (χ3v) is 3.44. The van der Waals surface area contributed by atoms with Crippen molar-refractivity contribution in [2.45, 2.75) is 44.0 Å². The molecule has 0 aromatic carbocycles. The molecule has 1 aromatic heterocycles. The molecule has 128 valence electrons. The number of rotatable bonds is 5. The van der Waals surface area contributed by atoms with Gasteiger partial charge in [-0.25, -0.2) is 0 Å². The maximum Gasteiger partial charge on any atom is 0.433 e. The maximum absolute atomic E-state index is 12.1. The van der Waals surface area contributed by atoms with Crippen molar-refractivity contribution in [3.8, 4) is 0 Å². The van der Waals surface area contributed by atoms with Crippen LogP contribution in [0.1, 0.15) is 36.2 Å². The summed E-state index contributed by atoms with van der Waals surface area (Å²) < 4.78 is 46.0. The Labute approximate surface area is 128 Å². The van der Waals surface area contributed by atoms with Gasteiger partial charge in [0.2, 0.25) is 0 Å². The third kappa shape index (κ3) is 5.23. The van der Waals surface area contributed by atoms with Gasteiger partial charge in [0.05, 0.1) is 12.2 Å². The van der Waals surface area contributed by atoms with Gasteiger partial charge < -0.3 is 14.5 Å². The first-order chi connectivity index (χ1) is 10.7. The summed E-state index contributed by atoms with van der Waals surface area (Å²) in [4.78, 5) is 21.7. The molecule has 2 rings (SSSR count). The largest absolute Gasteiger partial charge is 0.433 e. The number of nitrogens with zero attached hydrogens (tertiary/aromatic N) is 1. The lowest BCUT2D eigenvalue weighted by atomic mass is 9.92. The van der Waals surface area contributed by atoms with Crippen molar-refractivity contribution >= 4 is 11.8 Å². The van der Waals surface area contributed by atoms with Crippen molar-refractivity contribution in [3.63, 3.8) is 0 Å². The molecule has 1 aliphatic carbocycles. The lowest BCUT2D eigenvalue weighted by Crippen LogP contribution is -2.41. The number of furan rings is 1. The number of carbonyl (C=O) groups is 1. The Bertz CT molecular complexity index is 572. The van der Waals surface area contributed by atoms with Crippen LogP contribution in [0.3, 0.4) is 0 Å². The van der Waals surface area contributed by atoms with Crippen LogP contribution >= 0.6 is 0 Å².